The fraction of sp³-hybridized carbons (Fsp3) is 1.00. The van der Waals surface area contributed by atoms with Crippen LogP contribution in [0.1, 0.15) is 59.3 Å². The topological polar surface area (TPSA) is 29.3 Å². The second kappa shape index (κ2) is 6.61. The minimum atomic E-state index is 0.269. The van der Waals surface area contributed by atoms with E-state index < -0.39 is 0 Å². The molecular formula is C14H30N2. The van der Waals surface area contributed by atoms with E-state index in [1.807, 2.05) is 0 Å². The summed E-state index contributed by atoms with van der Waals surface area (Å²) in [5.41, 5.74) is 6.32. The average molecular weight is 226 g/mol. The van der Waals surface area contributed by atoms with Gasteiger partial charge in [0.2, 0.25) is 0 Å². The van der Waals surface area contributed by atoms with Crippen LogP contribution < -0.4 is 5.73 Å². The molecule has 0 heterocycles. The van der Waals surface area contributed by atoms with Crippen LogP contribution in [0.3, 0.4) is 0 Å². The summed E-state index contributed by atoms with van der Waals surface area (Å²) in [5, 5.41) is 0. The second-order valence-corrected chi connectivity index (χ2v) is 5.38. The largest absolute Gasteiger partial charge is 0.329 e. The monoisotopic (exact) mass is 226 g/mol. The van der Waals surface area contributed by atoms with Crippen LogP contribution in [0.4, 0.5) is 0 Å². The third kappa shape index (κ3) is 2.98. The standard InChI is InChI=1S/C14H30N2/c1-4-10-16(11-13-8-7-9-13)14(5-2,6-3)12-15/h13H,4-12,15H2,1-3H3. The highest BCUT2D eigenvalue weighted by Gasteiger charge is 2.33. The minimum absolute atomic E-state index is 0.269. The van der Waals surface area contributed by atoms with Crippen molar-refractivity contribution in [2.24, 2.45) is 11.7 Å². The summed E-state index contributed by atoms with van der Waals surface area (Å²) in [4.78, 5) is 2.69. The van der Waals surface area contributed by atoms with Gasteiger partial charge in [0, 0.05) is 18.6 Å². The Balaban J connectivity index is 2.63. The fourth-order valence-corrected chi connectivity index (χ4v) is 2.89. The predicted molar refractivity (Wildman–Crippen MR) is 71.6 cm³/mol. The molecule has 1 saturated carbocycles. The molecule has 1 aliphatic carbocycles. The Kier molecular flexibility index (Phi) is 5.77. The summed E-state index contributed by atoms with van der Waals surface area (Å²) >= 11 is 0. The second-order valence-electron chi connectivity index (χ2n) is 5.38. The van der Waals surface area contributed by atoms with E-state index in [4.69, 9.17) is 5.73 Å². The summed E-state index contributed by atoms with van der Waals surface area (Å²) in [7, 11) is 0. The van der Waals surface area contributed by atoms with E-state index in [1.165, 1.54) is 51.6 Å². The normalized spacial score (nSPS) is 17.8. The van der Waals surface area contributed by atoms with E-state index in [-0.39, 0.29) is 5.54 Å². The van der Waals surface area contributed by atoms with Gasteiger partial charge < -0.3 is 5.73 Å². The van der Waals surface area contributed by atoms with Gasteiger partial charge in [0.1, 0.15) is 0 Å². The highest BCUT2D eigenvalue weighted by Crippen LogP contribution is 2.31. The van der Waals surface area contributed by atoms with Gasteiger partial charge in [-0.2, -0.15) is 0 Å². The molecule has 2 heteroatoms. The van der Waals surface area contributed by atoms with Gasteiger partial charge in [-0.1, -0.05) is 27.2 Å². The van der Waals surface area contributed by atoms with Gasteiger partial charge in [0.25, 0.3) is 0 Å². The molecular weight excluding hydrogens is 196 g/mol. The molecule has 2 N–H and O–H groups in total. The van der Waals surface area contributed by atoms with Crippen LogP contribution in [-0.2, 0) is 0 Å². The van der Waals surface area contributed by atoms with Crippen molar-refractivity contribution in [2.75, 3.05) is 19.6 Å². The van der Waals surface area contributed by atoms with E-state index in [9.17, 15) is 0 Å². The Labute approximate surface area is 102 Å². The molecule has 16 heavy (non-hydrogen) atoms. The van der Waals surface area contributed by atoms with Crippen LogP contribution >= 0.6 is 0 Å². The van der Waals surface area contributed by atoms with Crippen LogP contribution in [0.5, 0.6) is 0 Å². The van der Waals surface area contributed by atoms with Crippen molar-refractivity contribution < 1.29 is 0 Å². The van der Waals surface area contributed by atoms with Gasteiger partial charge in [0.15, 0.2) is 0 Å². The van der Waals surface area contributed by atoms with Gasteiger partial charge in [-0.3, -0.25) is 4.90 Å². The summed E-state index contributed by atoms with van der Waals surface area (Å²) < 4.78 is 0. The first-order valence-electron chi connectivity index (χ1n) is 7.17. The third-order valence-electron chi connectivity index (χ3n) is 4.56. The van der Waals surface area contributed by atoms with Crippen LogP contribution in [0, 0.1) is 5.92 Å². The summed E-state index contributed by atoms with van der Waals surface area (Å²) in [5.74, 6) is 0.954. The predicted octanol–water partition coefficient (Wildman–Crippen LogP) is 3.02. The van der Waals surface area contributed by atoms with E-state index in [0.29, 0.717) is 0 Å². The smallest absolute Gasteiger partial charge is 0.0326 e. The zero-order valence-electron chi connectivity index (χ0n) is 11.5. The molecule has 1 fully saturated rings. The first-order valence-corrected chi connectivity index (χ1v) is 7.17. The third-order valence-corrected chi connectivity index (χ3v) is 4.56. The van der Waals surface area contributed by atoms with Gasteiger partial charge in [-0.15, -0.1) is 0 Å². The van der Waals surface area contributed by atoms with E-state index in [0.717, 1.165) is 12.5 Å². The lowest BCUT2D eigenvalue weighted by molar-refractivity contribution is 0.0514. The number of hydrogen-bond acceptors (Lipinski definition) is 2. The highest BCUT2D eigenvalue weighted by molar-refractivity contribution is 4.91. The zero-order valence-corrected chi connectivity index (χ0v) is 11.5. The first kappa shape index (κ1) is 14.0. The van der Waals surface area contributed by atoms with Gasteiger partial charge in [-0.25, -0.2) is 0 Å². The van der Waals surface area contributed by atoms with E-state index in [1.54, 1.807) is 0 Å². The van der Waals surface area contributed by atoms with Crippen molar-refractivity contribution in [3.8, 4) is 0 Å². The molecule has 0 aliphatic heterocycles. The van der Waals surface area contributed by atoms with Crippen LogP contribution in [0.15, 0.2) is 0 Å². The van der Waals surface area contributed by atoms with Crippen molar-refractivity contribution in [3.05, 3.63) is 0 Å². The van der Waals surface area contributed by atoms with Crippen LogP contribution in [0.25, 0.3) is 0 Å². The summed E-state index contributed by atoms with van der Waals surface area (Å²) in [6.07, 6.45) is 7.94. The van der Waals surface area contributed by atoms with Crippen molar-refractivity contribution in [1.29, 1.82) is 0 Å². The molecule has 2 nitrogen and oxygen atoms in total. The number of nitrogens with two attached hydrogens (primary N) is 1. The molecule has 1 aliphatic rings. The number of nitrogens with zero attached hydrogens (tertiary/aromatic N) is 1. The lowest BCUT2D eigenvalue weighted by atomic mass is 9.82. The molecule has 0 atom stereocenters. The molecule has 0 spiro atoms. The summed E-state index contributed by atoms with van der Waals surface area (Å²) in [6, 6.07) is 0. The van der Waals surface area contributed by atoms with Gasteiger partial charge in [-0.05, 0) is 44.6 Å². The Hall–Kier alpha value is -0.0800. The Morgan fingerprint density at radius 1 is 1.19 bits per heavy atom. The quantitative estimate of drug-likeness (QED) is 0.689. The Morgan fingerprint density at radius 2 is 1.81 bits per heavy atom. The molecule has 1 rings (SSSR count). The fourth-order valence-electron chi connectivity index (χ4n) is 2.89. The number of rotatable bonds is 8. The van der Waals surface area contributed by atoms with Gasteiger partial charge in [0.05, 0.1) is 0 Å². The molecule has 0 radical (unpaired) electrons. The maximum Gasteiger partial charge on any atom is 0.0326 e. The molecule has 96 valence electrons. The van der Waals surface area contributed by atoms with Gasteiger partial charge >= 0.3 is 0 Å². The zero-order chi connectivity index (χ0) is 12.0. The molecule has 0 amide bonds. The molecule has 0 aromatic carbocycles. The lowest BCUT2D eigenvalue weighted by Crippen LogP contribution is -2.55. The Bertz CT molecular complexity index is 175. The summed E-state index contributed by atoms with van der Waals surface area (Å²) in [6.45, 7) is 10.2. The average Bonchev–Trinajstić information content (AvgIpc) is 2.26. The number of hydrogen-bond donors (Lipinski definition) is 1. The molecule has 0 bridgehead atoms. The minimum Gasteiger partial charge on any atom is -0.329 e. The van der Waals surface area contributed by atoms with E-state index in [2.05, 4.69) is 25.7 Å². The van der Waals surface area contributed by atoms with Crippen molar-refractivity contribution >= 4 is 0 Å². The molecule has 0 aromatic rings. The van der Waals surface area contributed by atoms with E-state index >= 15 is 0 Å². The molecule has 0 saturated heterocycles. The Morgan fingerprint density at radius 3 is 2.12 bits per heavy atom. The SMILES string of the molecule is CCCN(CC1CCC1)C(CC)(CC)CN. The van der Waals surface area contributed by atoms with Crippen LogP contribution in [0.2, 0.25) is 0 Å². The van der Waals surface area contributed by atoms with Crippen molar-refractivity contribution in [1.82, 2.24) is 4.90 Å². The molecule has 0 aromatic heterocycles. The lowest BCUT2D eigenvalue weighted by Gasteiger charge is -2.45. The first-order chi connectivity index (χ1) is 7.72. The van der Waals surface area contributed by atoms with Crippen molar-refractivity contribution in [3.63, 3.8) is 0 Å². The van der Waals surface area contributed by atoms with Crippen LogP contribution in [-0.4, -0.2) is 30.1 Å². The highest BCUT2D eigenvalue weighted by atomic mass is 15.2. The maximum atomic E-state index is 6.05. The van der Waals surface area contributed by atoms with Crippen molar-refractivity contribution in [2.45, 2.75) is 64.8 Å². The maximum absolute atomic E-state index is 6.05. The molecule has 0 unspecified atom stereocenters.